The number of benzene rings is 2. The quantitative estimate of drug-likeness (QED) is 0.734. The Bertz CT molecular complexity index is 839. The number of nitrogens with one attached hydrogen (secondary N) is 1. The van der Waals surface area contributed by atoms with E-state index in [0.717, 1.165) is 29.2 Å². The van der Waals surface area contributed by atoms with Crippen molar-refractivity contribution in [1.82, 2.24) is 9.78 Å². The molecular formula is C20H21N3O2. The molecule has 25 heavy (non-hydrogen) atoms. The summed E-state index contributed by atoms with van der Waals surface area (Å²) in [5.74, 6) is 0.620. The summed E-state index contributed by atoms with van der Waals surface area (Å²) in [5.41, 5.74) is 3.00. The van der Waals surface area contributed by atoms with Gasteiger partial charge in [-0.1, -0.05) is 25.1 Å². The molecule has 0 radical (unpaired) electrons. The van der Waals surface area contributed by atoms with Gasteiger partial charge in [-0.15, -0.1) is 0 Å². The van der Waals surface area contributed by atoms with Gasteiger partial charge in [-0.2, -0.15) is 5.10 Å². The number of amides is 1. The predicted octanol–water partition coefficient (Wildman–Crippen LogP) is 4.22. The minimum absolute atomic E-state index is 0.179. The van der Waals surface area contributed by atoms with E-state index < -0.39 is 0 Å². The van der Waals surface area contributed by atoms with Crippen molar-refractivity contribution in [2.75, 3.05) is 11.9 Å². The van der Waals surface area contributed by atoms with Crippen LogP contribution in [0.1, 0.15) is 29.4 Å². The lowest BCUT2D eigenvalue weighted by atomic mass is 10.2. The average molecular weight is 335 g/mol. The summed E-state index contributed by atoms with van der Waals surface area (Å²) < 4.78 is 7.31. The first-order valence-electron chi connectivity index (χ1n) is 8.33. The fourth-order valence-electron chi connectivity index (χ4n) is 2.51. The van der Waals surface area contributed by atoms with Gasteiger partial charge in [0.1, 0.15) is 5.75 Å². The monoisotopic (exact) mass is 335 g/mol. The second-order valence-electron chi connectivity index (χ2n) is 5.72. The maximum atomic E-state index is 12.5. The first-order valence-corrected chi connectivity index (χ1v) is 8.33. The Balaban J connectivity index is 1.73. The van der Waals surface area contributed by atoms with E-state index >= 15 is 0 Å². The predicted molar refractivity (Wildman–Crippen MR) is 98.5 cm³/mol. The van der Waals surface area contributed by atoms with Gasteiger partial charge < -0.3 is 10.1 Å². The number of rotatable bonds is 6. The van der Waals surface area contributed by atoms with E-state index in [1.807, 2.05) is 61.5 Å². The number of anilines is 1. The van der Waals surface area contributed by atoms with Gasteiger partial charge in [0.05, 0.1) is 29.7 Å². The lowest BCUT2D eigenvalue weighted by molar-refractivity contribution is 0.102. The molecule has 3 rings (SSSR count). The molecule has 1 amide bonds. The molecule has 0 aliphatic heterocycles. The van der Waals surface area contributed by atoms with Gasteiger partial charge in [0, 0.05) is 5.69 Å². The molecule has 0 fully saturated rings. The smallest absolute Gasteiger partial charge is 0.259 e. The minimum Gasteiger partial charge on any atom is -0.494 e. The van der Waals surface area contributed by atoms with Crippen molar-refractivity contribution in [1.29, 1.82) is 0 Å². The summed E-state index contributed by atoms with van der Waals surface area (Å²) in [5, 5.41) is 7.23. The Kier molecular flexibility index (Phi) is 5.14. The molecule has 0 aliphatic carbocycles. The number of nitrogens with zero attached hydrogens (tertiary/aromatic N) is 2. The molecule has 0 saturated heterocycles. The van der Waals surface area contributed by atoms with Gasteiger partial charge in [0.25, 0.3) is 5.91 Å². The van der Waals surface area contributed by atoms with Crippen molar-refractivity contribution in [3.8, 4) is 11.4 Å². The first kappa shape index (κ1) is 16.8. The molecule has 2 aromatic carbocycles. The molecule has 5 nitrogen and oxygen atoms in total. The standard InChI is InChI=1S/C20H21N3O2/c1-3-13-25-18-11-9-16(10-12-18)22-20(24)19-14-21-23(15(19)2)17-7-5-4-6-8-17/h4-12,14H,3,13H2,1-2H3,(H,22,24). The Labute approximate surface area is 147 Å². The second-order valence-corrected chi connectivity index (χ2v) is 5.72. The second kappa shape index (κ2) is 7.66. The van der Waals surface area contributed by atoms with E-state index in [1.54, 1.807) is 10.9 Å². The lowest BCUT2D eigenvalue weighted by Gasteiger charge is -2.08. The zero-order chi connectivity index (χ0) is 17.6. The van der Waals surface area contributed by atoms with Gasteiger partial charge in [-0.3, -0.25) is 4.79 Å². The normalized spacial score (nSPS) is 10.5. The highest BCUT2D eigenvalue weighted by Crippen LogP contribution is 2.18. The molecule has 0 aliphatic rings. The van der Waals surface area contributed by atoms with Crippen LogP contribution in [0.3, 0.4) is 0 Å². The van der Waals surface area contributed by atoms with Crippen LogP contribution in [0.4, 0.5) is 5.69 Å². The Morgan fingerprint density at radius 3 is 2.52 bits per heavy atom. The SMILES string of the molecule is CCCOc1ccc(NC(=O)c2cnn(-c3ccccc3)c2C)cc1. The van der Waals surface area contributed by atoms with E-state index in [4.69, 9.17) is 4.74 Å². The summed E-state index contributed by atoms with van der Waals surface area (Å²) in [4.78, 5) is 12.5. The topological polar surface area (TPSA) is 56.1 Å². The van der Waals surface area contributed by atoms with Crippen molar-refractivity contribution in [3.05, 3.63) is 72.1 Å². The zero-order valence-electron chi connectivity index (χ0n) is 14.4. The fraction of sp³-hybridized carbons (Fsp3) is 0.200. The van der Waals surface area contributed by atoms with Crippen molar-refractivity contribution in [3.63, 3.8) is 0 Å². The molecule has 1 heterocycles. The third-order valence-corrected chi connectivity index (χ3v) is 3.84. The van der Waals surface area contributed by atoms with Gasteiger partial charge in [0.15, 0.2) is 0 Å². The Morgan fingerprint density at radius 1 is 1.12 bits per heavy atom. The van der Waals surface area contributed by atoms with Crippen LogP contribution in [0, 0.1) is 6.92 Å². The van der Waals surface area contributed by atoms with Crippen LogP contribution in [-0.2, 0) is 0 Å². The van der Waals surface area contributed by atoms with Crippen LogP contribution in [-0.4, -0.2) is 22.3 Å². The molecule has 0 spiro atoms. The molecule has 0 unspecified atom stereocenters. The van der Waals surface area contributed by atoms with E-state index in [0.29, 0.717) is 12.2 Å². The van der Waals surface area contributed by atoms with Crippen molar-refractivity contribution in [2.24, 2.45) is 0 Å². The average Bonchev–Trinajstić information content (AvgIpc) is 3.03. The lowest BCUT2D eigenvalue weighted by Crippen LogP contribution is -2.13. The highest BCUT2D eigenvalue weighted by molar-refractivity contribution is 6.05. The van der Waals surface area contributed by atoms with E-state index in [2.05, 4.69) is 17.3 Å². The summed E-state index contributed by atoms with van der Waals surface area (Å²) >= 11 is 0. The van der Waals surface area contributed by atoms with E-state index in [1.165, 1.54) is 0 Å². The number of aromatic nitrogens is 2. The minimum atomic E-state index is -0.179. The van der Waals surface area contributed by atoms with Gasteiger partial charge in [-0.05, 0) is 49.7 Å². The highest BCUT2D eigenvalue weighted by atomic mass is 16.5. The largest absolute Gasteiger partial charge is 0.494 e. The van der Waals surface area contributed by atoms with Crippen molar-refractivity contribution in [2.45, 2.75) is 20.3 Å². The van der Waals surface area contributed by atoms with Crippen LogP contribution >= 0.6 is 0 Å². The third-order valence-electron chi connectivity index (χ3n) is 3.84. The summed E-state index contributed by atoms with van der Waals surface area (Å²) in [6.07, 6.45) is 2.56. The Hall–Kier alpha value is -3.08. The molecule has 1 N–H and O–H groups in total. The molecule has 5 heteroatoms. The number of hydrogen-bond acceptors (Lipinski definition) is 3. The van der Waals surface area contributed by atoms with Gasteiger partial charge >= 0.3 is 0 Å². The maximum Gasteiger partial charge on any atom is 0.259 e. The van der Waals surface area contributed by atoms with Crippen LogP contribution in [0.15, 0.2) is 60.8 Å². The van der Waals surface area contributed by atoms with Gasteiger partial charge in [0.2, 0.25) is 0 Å². The molecule has 0 saturated carbocycles. The fourth-order valence-corrected chi connectivity index (χ4v) is 2.51. The first-order chi connectivity index (χ1) is 12.2. The number of para-hydroxylation sites is 1. The van der Waals surface area contributed by atoms with E-state index in [9.17, 15) is 4.79 Å². The molecule has 128 valence electrons. The number of carbonyl (C=O) groups excluding carboxylic acids is 1. The molecule has 0 bridgehead atoms. The summed E-state index contributed by atoms with van der Waals surface area (Å²) in [6, 6.07) is 17.1. The summed E-state index contributed by atoms with van der Waals surface area (Å²) in [7, 11) is 0. The molecule has 3 aromatic rings. The maximum absolute atomic E-state index is 12.5. The number of hydrogen-bond donors (Lipinski definition) is 1. The van der Waals surface area contributed by atoms with Crippen LogP contribution < -0.4 is 10.1 Å². The van der Waals surface area contributed by atoms with Crippen LogP contribution in [0.5, 0.6) is 5.75 Å². The molecule has 1 aromatic heterocycles. The molecule has 0 atom stereocenters. The van der Waals surface area contributed by atoms with Crippen LogP contribution in [0.25, 0.3) is 5.69 Å². The molecular weight excluding hydrogens is 314 g/mol. The van der Waals surface area contributed by atoms with Crippen LogP contribution in [0.2, 0.25) is 0 Å². The third kappa shape index (κ3) is 3.88. The van der Waals surface area contributed by atoms with Crippen molar-refractivity contribution < 1.29 is 9.53 Å². The Morgan fingerprint density at radius 2 is 1.84 bits per heavy atom. The van der Waals surface area contributed by atoms with E-state index in [-0.39, 0.29) is 5.91 Å². The van der Waals surface area contributed by atoms with Crippen molar-refractivity contribution >= 4 is 11.6 Å². The summed E-state index contributed by atoms with van der Waals surface area (Å²) in [6.45, 7) is 4.63. The van der Waals surface area contributed by atoms with Gasteiger partial charge in [-0.25, -0.2) is 4.68 Å². The number of carbonyl (C=O) groups is 1. The number of ether oxygens (including phenoxy) is 1. The zero-order valence-corrected chi connectivity index (χ0v) is 14.4. The highest BCUT2D eigenvalue weighted by Gasteiger charge is 2.15.